The van der Waals surface area contributed by atoms with Gasteiger partial charge in [-0.05, 0) is 46.7 Å². The van der Waals surface area contributed by atoms with E-state index in [2.05, 4.69) is 22.1 Å². The van der Waals surface area contributed by atoms with Crippen LogP contribution in [-0.2, 0) is 0 Å². The first-order valence-electron chi connectivity index (χ1n) is 7.67. The number of H-pyrrole nitrogens is 1. The average molecular weight is 289 g/mol. The van der Waals surface area contributed by atoms with Gasteiger partial charge in [-0.2, -0.15) is 0 Å². The average Bonchev–Trinajstić information content (AvgIpc) is 3.16. The van der Waals surface area contributed by atoms with Crippen LogP contribution in [0.15, 0.2) is 10.5 Å². The van der Waals surface area contributed by atoms with Crippen molar-refractivity contribution in [3.63, 3.8) is 0 Å². The van der Waals surface area contributed by atoms with Crippen LogP contribution >= 0.6 is 0 Å². The molecule has 2 N–H and O–H groups in total. The molecule has 0 aliphatic carbocycles. The zero-order chi connectivity index (χ0) is 15.0. The molecule has 1 unspecified atom stereocenters. The molecular weight excluding hydrogens is 266 g/mol. The molecule has 114 valence electrons. The first kappa shape index (κ1) is 14.2. The van der Waals surface area contributed by atoms with E-state index in [0.717, 1.165) is 35.5 Å². The van der Waals surface area contributed by atoms with Crippen molar-refractivity contribution in [3.05, 3.63) is 23.1 Å². The summed E-state index contributed by atoms with van der Waals surface area (Å²) in [6, 6.07) is 2.17. The van der Waals surface area contributed by atoms with Crippen molar-refractivity contribution < 1.29 is 9.21 Å². The van der Waals surface area contributed by atoms with Gasteiger partial charge in [-0.1, -0.05) is 0 Å². The van der Waals surface area contributed by atoms with Gasteiger partial charge in [0.15, 0.2) is 5.58 Å². The molecule has 5 heteroatoms. The number of likely N-dealkylation sites (tertiary alicyclic amines) is 1. The van der Waals surface area contributed by atoms with E-state index in [-0.39, 0.29) is 5.91 Å². The van der Waals surface area contributed by atoms with Crippen molar-refractivity contribution >= 4 is 17.0 Å². The number of furan rings is 1. The van der Waals surface area contributed by atoms with E-state index in [1.807, 2.05) is 13.8 Å². The van der Waals surface area contributed by atoms with Crippen molar-refractivity contribution in [1.29, 1.82) is 0 Å². The SMILES string of the molecule is Cc1oc2cc(C(=O)NCC(C)N3CCCC3)[nH]c2c1C. The fourth-order valence-corrected chi connectivity index (χ4v) is 2.98. The minimum absolute atomic E-state index is 0.0653. The second-order valence-electron chi connectivity index (χ2n) is 6.01. The number of aromatic nitrogens is 1. The number of nitrogens with one attached hydrogen (secondary N) is 2. The zero-order valence-corrected chi connectivity index (χ0v) is 13.0. The quantitative estimate of drug-likeness (QED) is 0.909. The molecule has 0 aromatic carbocycles. The largest absolute Gasteiger partial charge is 0.459 e. The first-order chi connectivity index (χ1) is 10.1. The smallest absolute Gasteiger partial charge is 0.267 e. The zero-order valence-electron chi connectivity index (χ0n) is 13.0. The number of rotatable bonds is 4. The molecule has 0 radical (unpaired) electrons. The summed E-state index contributed by atoms with van der Waals surface area (Å²) in [4.78, 5) is 17.8. The summed E-state index contributed by atoms with van der Waals surface area (Å²) in [6.45, 7) is 9.06. The Labute approximate surface area is 124 Å². The Morgan fingerprint density at radius 2 is 2.14 bits per heavy atom. The highest BCUT2D eigenvalue weighted by Gasteiger charge is 2.20. The lowest BCUT2D eigenvalue weighted by molar-refractivity contribution is 0.0936. The monoisotopic (exact) mass is 289 g/mol. The molecule has 0 spiro atoms. The second kappa shape index (κ2) is 5.56. The number of amides is 1. The maximum absolute atomic E-state index is 12.2. The van der Waals surface area contributed by atoms with E-state index in [1.165, 1.54) is 12.8 Å². The normalized spacial score (nSPS) is 17.5. The number of carbonyl (C=O) groups is 1. The lowest BCUT2D eigenvalue weighted by Gasteiger charge is -2.23. The molecule has 1 amide bonds. The van der Waals surface area contributed by atoms with Gasteiger partial charge < -0.3 is 14.7 Å². The summed E-state index contributed by atoms with van der Waals surface area (Å²) in [6.07, 6.45) is 2.54. The number of hydrogen-bond acceptors (Lipinski definition) is 3. The molecule has 3 rings (SSSR count). The molecule has 1 saturated heterocycles. The van der Waals surface area contributed by atoms with Crippen LogP contribution in [0.3, 0.4) is 0 Å². The fourth-order valence-electron chi connectivity index (χ4n) is 2.98. The Hall–Kier alpha value is -1.75. The molecule has 3 heterocycles. The molecule has 1 fully saturated rings. The number of aromatic amines is 1. The van der Waals surface area contributed by atoms with Crippen molar-refractivity contribution in [2.45, 2.75) is 39.7 Å². The van der Waals surface area contributed by atoms with Gasteiger partial charge in [0.05, 0.1) is 5.52 Å². The van der Waals surface area contributed by atoms with Crippen molar-refractivity contribution in [1.82, 2.24) is 15.2 Å². The molecule has 5 nitrogen and oxygen atoms in total. The number of carbonyl (C=O) groups excluding carboxylic acids is 1. The predicted molar refractivity (Wildman–Crippen MR) is 82.6 cm³/mol. The standard InChI is InChI=1S/C16H23N3O2/c1-10(19-6-4-5-7-19)9-17-16(20)13-8-14-15(18-13)11(2)12(3)21-14/h8,10,18H,4-7,9H2,1-3H3,(H,17,20). The van der Waals surface area contributed by atoms with Crippen LogP contribution in [0.25, 0.3) is 11.1 Å². The van der Waals surface area contributed by atoms with Crippen LogP contribution in [0.1, 0.15) is 41.6 Å². The number of nitrogens with zero attached hydrogens (tertiary/aromatic N) is 1. The lowest BCUT2D eigenvalue weighted by atomic mass is 10.3. The Morgan fingerprint density at radius 1 is 1.43 bits per heavy atom. The minimum Gasteiger partial charge on any atom is -0.459 e. The van der Waals surface area contributed by atoms with Gasteiger partial charge in [-0.3, -0.25) is 9.69 Å². The number of hydrogen-bond donors (Lipinski definition) is 2. The lowest BCUT2D eigenvalue weighted by Crippen LogP contribution is -2.40. The molecule has 2 aromatic rings. The van der Waals surface area contributed by atoms with Gasteiger partial charge in [0.2, 0.25) is 0 Å². The molecular formula is C16H23N3O2. The summed E-state index contributed by atoms with van der Waals surface area (Å²) in [5.74, 6) is 0.829. The third-order valence-electron chi connectivity index (χ3n) is 4.51. The molecule has 1 atom stereocenters. The summed E-state index contributed by atoms with van der Waals surface area (Å²) < 4.78 is 5.62. The van der Waals surface area contributed by atoms with Gasteiger partial charge in [0, 0.05) is 24.2 Å². The van der Waals surface area contributed by atoms with Crippen LogP contribution in [-0.4, -0.2) is 41.5 Å². The Bertz CT molecular complexity index is 650. The highest BCUT2D eigenvalue weighted by Crippen LogP contribution is 2.24. The maximum Gasteiger partial charge on any atom is 0.267 e. The third-order valence-corrected chi connectivity index (χ3v) is 4.51. The van der Waals surface area contributed by atoms with Gasteiger partial charge in [-0.15, -0.1) is 0 Å². The van der Waals surface area contributed by atoms with E-state index < -0.39 is 0 Å². The number of aryl methyl sites for hydroxylation is 2. The third kappa shape index (κ3) is 2.70. The Kier molecular flexibility index (Phi) is 3.76. The maximum atomic E-state index is 12.2. The van der Waals surface area contributed by atoms with Crippen LogP contribution in [0.5, 0.6) is 0 Å². The summed E-state index contributed by atoms with van der Waals surface area (Å²) in [5.41, 5.74) is 3.31. The second-order valence-corrected chi connectivity index (χ2v) is 6.01. The molecule has 21 heavy (non-hydrogen) atoms. The van der Waals surface area contributed by atoms with Crippen LogP contribution in [0.4, 0.5) is 0 Å². The van der Waals surface area contributed by atoms with Crippen molar-refractivity contribution in [2.24, 2.45) is 0 Å². The first-order valence-corrected chi connectivity index (χ1v) is 7.67. The fraction of sp³-hybridized carbons (Fsp3) is 0.562. The highest BCUT2D eigenvalue weighted by atomic mass is 16.3. The number of fused-ring (bicyclic) bond motifs is 1. The summed E-state index contributed by atoms with van der Waals surface area (Å²) >= 11 is 0. The molecule has 1 aliphatic rings. The minimum atomic E-state index is -0.0653. The predicted octanol–water partition coefficient (Wildman–Crippen LogP) is 2.59. The van der Waals surface area contributed by atoms with Crippen molar-refractivity contribution in [3.8, 4) is 0 Å². The Morgan fingerprint density at radius 3 is 2.81 bits per heavy atom. The van der Waals surface area contributed by atoms with Crippen LogP contribution in [0.2, 0.25) is 0 Å². The molecule has 2 aromatic heterocycles. The van der Waals surface area contributed by atoms with E-state index >= 15 is 0 Å². The summed E-state index contributed by atoms with van der Waals surface area (Å²) in [7, 11) is 0. The van der Waals surface area contributed by atoms with E-state index in [0.29, 0.717) is 18.3 Å². The van der Waals surface area contributed by atoms with Crippen molar-refractivity contribution in [2.75, 3.05) is 19.6 Å². The van der Waals surface area contributed by atoms with E-state index in [4.69, 9.17) is 4.42 Å². The Balaban J connectivity index is 1.63. The van der Waals surface area contributed by atoms with Crippen LogP contribution < -0.4 is 5.32 Å². The van der Waals surface area contributed by atoms with Gasteiger partial charge in [-0.25, -0.2) is 0 Å². The molecule has 0 bridgehead atoms. The van der Waals surface area contributed by atoms with Gasteiger partial charge in [0.1, 0.15) is 11.5 Å². The molecule has 1 aliphatic heterocycles. The summed E-state index contributed by atoms with van der Waals surface area (Å²) in [5, 5.41) is 3.01. The van der Waals surface area contributed by atoms with Crippen LogP contribution in [0, 0.1) is 13.8 Å². The molecule has 0 saturated carbocycles. The topological polar surface area (TPSA) is 61.3 Å². The van der Waals surface area contributed by atoms with Gasteiger partial charge >= 0.3 is 0 Å². The highest BCUT2D eigenvalue weighted by molar-refractivity contribution is 5.97. The van der Waals surface area contributed by atoms with Gasteiger partial charge in [0.25, 0.3) is 5.91 Å². The van der Waals surface area contributed by atoms with E-state index in [1.54, 1.807) is 6.07 Å². The van der Waals surface area contributed by atoms with E-state index in [9.17, 15) is 4.79 Å².